The Kier molecular flexibility index (Phi) is 5.70. The van der Waals surface area contributed by atoms with Crippen molar-refractivity contribution in [2.75, 3.05) is 13.7 Å². The van der Waals surface area contributed by atoms with E-state index in [2.05, 4.69) is 18.3 Å². The van der Waals surface area contributed by atoms with Crippen LogP contribution in [0.25, 0.3) is 0 Å². The first kappa shape index (κ1) is 15.3. The molecule has 1 aromatic rings. The van der Waals surface area contributed by atoms with E-state index in [0.717, 1.165) is 23.7 Å². The minimum Gasteiger partial charge on any atom is -0.377 e. The molecule has 1 aliphatic rings. The van der Waals surface area contributed by atoms with Gasteiger partial charge in [0, 0.05) is 18.0 Å². The molecule has 2 nitrogen and oxygen atoms in total. The van der Waals surface area contributed by atoms with E-state index in [1.54, 1.807) is 11.3 Å². The Morgan fingerprint density at radius 3 is 2.68 bits per heavy atom. The van der Waals surface area contributed by atoms with Crippen LogP contribution in [0.2, 0.25) is 4.34 Å². The minimum atomic E-state index is 0.0195. The lowest BCUT2D eigenvalue weighted by molar-refractivity contribution is -0.0352. The van der Waals surface area contributed by atoms with Crippen LogP contribution in [-0.2, 0) is 11.2 Å². The molecule has 1 unspecified atom stereocenters. The lowest BCUT2D eigenvalue weighted by atomic mass is 9.89. The van der Waals surface area contributed by atoms with E-state index in [9.17, 15) is 0 Å². The molecule has 19 heavy (non-hydrogen) atoms. The second kappa shape index (κ2) is 7.07. The molecular formula is C15H24ClNOS. The van der Waals surface area contributed by atoms with Crippen LogP contribution < -0.4 is 5.32 Å². The summed E-state index contributed by atoms with van der Waals surface area (Å²) in [5, 5.41) is 3.70. The molecule has 0 amide bonds. The van der Waals surface area contributed by atoms with Gasteiger partial charge >= 0.3 is 0 Å². The zero-order valence-electron chi connectivity index (χ0n) is 11.9. The van der Waals surface area contributed by atoms with Crippen molar-refractivity contribution >= 4 is 22.9 Å². The average Bonchev–Trinajstić information content (AvgIpc) is 3.04. The van der Waals surface area contributed by atoms with Crippen molar-refractivity contribution in [1.29, 1.82) is 0 Å². The third kappa shape index (κ3) is 3.72. The number of halogens is 1. The molecule has 0 radical (unpaired) electrons. The number of hydrogen-bond donors (Lipinski definition) is 1. The highest BCUT2D eigenvalue weighted by Crippen LogP contribution is 2.37. The summed E-state index contributed by atoms with van der Waals surface area (Å²) >= 11 is 7.73. The Hall–Kier alpha value is -0.0900. The number of hydrogen-bond acceptors (Lipinski definition) is 3. The summed E-state index contributed by atoms with van der Waals surface area (Å²) in [5.74, 6) is 0. The highest BCUT2D eigenvalue weighted by molar-refractivity contribution is 7.16. The Bertz CT molecular complexity index is 387. The number of thiophene rings is 1. The fourth-order valence-corrected chi connectivity index (χ4v) is 4.23. The summed E-state index contributed by atoms with van der Waals surface area (Å²) in [6.07, 6.45) is 7.08. The molecule has 4 heteroatoms. The molecule has 1 atom stereocenters. The SMILES string of the molecule is CCCNC(Cc1ccc(Cl)s1)C1(OC)CCCC1. The van der Waals surface area contributed by atoms with Crippen LogP contribution in [0.1, 0.15) is 43.9 Å². The van der Waals surface area contributed by atoms with Crippen molar-refractivity contribution in [1.82, 2.24) is 5.32 Å². The van der Waals surface area contributed by atoms with Crippen molar-refractivity contribution in [2.45, 2.75) is 57.1 Å². The normalized spacial score (nSPS) is 19.7. The van der Waals surface area contributed by atoms with Gasteiger partial charge in [0.25, 0.3) is 0 Å². The van der Waals surface area contributed by atoms with Gasteiger partial charge in [-0.25, -0.2) is 0 Å². The summed E-state index contributed by atoms with van der Waals surface area (Å²) < 4.78 is 6.82. The number of nitrogens with one attached hydrogen (secondary N) is 1. The first-order chi connectivity index (χ1) is 9.20. The Morgan fingerprint density at radius 1 is 1.42 bits per heavy atom. The average molecular weight is 302 g/mol. The largest absolute Gasteiger partial charge is 0.377 e. The van der Waals surface area contributed by atoms with E-state index >= 15 is 0 Å². The summed E-state index contributed by atoms with van der Waals surface area (Å²) in [4.78, 5) is 1.35. The van der Waals surface area contributed by atoms with E-state index in [4.69, 9.17) is 16.3 Å². The van der Waals surface area contributed by atoms with Crippen molar-refractivity contribution < 1.29 is 4.74 Å². The van der Waals surface area contributed by atoms with Crippen LogP contribution in [-0.4, -0.2) is 25.3 Å². The topological polar surface area (TPSA) is 21.3 Å². The third-order valence-corrected chi connectivity index (χ3v) is 5.42. The van der Waals surface area contributed by atoms with Gasteiger partial charge in [0.15, 0.2) is 0 Å². The van der Waals surface area contributed by atoms with Crippen LogP contribution in [0.3, 0.4) is 0 Å². The van der Waals surface area contributed by atoms with Gasteiger partial charge in [0.2, 0.25) is 0 Å². The van der Waals surface area contributed by atoms with Gasteiger partial charge in [-0.1, -0.05) is 31.4 Å². The summed E-state index contributed by atoms with van der Waals surface area (Å²) in [6, 6.07) is 4.54. The fraction of sp³-hybridized carbons (Fsp3) is 0.733. The van der Waals surface area contributed by atoms with E-state index in [1.165, 1.54) is 30.6 Å². The molecule has 1 aliphatic carbocycles. The van der Waals surface area contributed by atoms with Gasteiger partial charge in [0.05, 0.1) is 9.94 Å². The van der Waals surface area contributed by atoms with E-state index < -0.39 is 0 Å². The molecule has 0 aromatic carbocycles. The smallest absolute Gasteiger partial charge is 0.0931 e. The molecule has 0 aliphatic heterocycles. The summed E-state index contributed by atoms with van der Waals surface area (Å²) in [7, 11) is 1.87. The standard InChI is InChI=1S/C15H24ClNOS/c1-3-10-17-13(11-12-6-7-14(16)19-12)15(18-2)8-4-5-9-15/h6-7,13,17H,3-5,8-11H2,1-2H3. The lowest BCUT2D eigenvalue weighted by Gasteiger charge is -2.37. The molecule has 1 heterocycles. The number of rotatable bonds is 7. The van der Waals surface area contributed by atoms with E-state index in [0.29, 0.717) is 6.04 Å². The second-order valence-electron chi connectivity index (χ2n) is 5.39. The highest BCUT2D eigenvalue weighted by atomic mass is 35.5. The van der Waals surface area contributed by atoms with Gasteiger partial charge in [-0.15, -0.1) is 11.3 Å². The van der Waals surface area contributed by atoms with Crippen LogP contribution in [0, 0.1) is 0 Å². The molecule has 0 spiro atoms. The molecule has 1 N–H and O–H groups in total. The minimum absolute atomic E-state index is 0.0195. The zero-order valence-corrected chi connectivity index (χ0v) is 13.4. The second-order valence-corrected chi connectivity index (χ2v) is 7.19. The molecule has 1 fully saturated rings. The van der Waals surface area contributed by atoms with Gasteiger partial charge < -0.3 is 10.1 Å². The predicted octanol–water partition coefficient (Wildman–Crippen LogP) is 4.27. The van der Waals surface area contributed by atoms with E-state index in [-0.39, 0.29) is 5.60 Å². The van der Waals surface area contributed by atoms with Crippen LogP contribution >= 0.6 is 22.9 Å². The van der Waals surface area contributed by atoms with Gasteiger partial charge in [0.1, 0.15) is 0 Å². The Balaban J connectivity index is 2.10. The first-order valence-electron chi connectivity index (χ1n) is 7.23. The van der Waals surface area contributed by atoms with Crippen molar-refractivity contribution in [3.8, 4) is 0 Å². The van der Waals surface area contributed by atoms with Gasteiger partial charge in [-0.2, -0.15) is 0 Å². The third-order valence-electron chi connectivity index (χ3n) is 4.17. The fourth-order valence-electron chi connectivity index (χ4n) is 3.09. The van der Waals surface area contributed by atoms with Crippen molar-refractivity contribution in [3.05, 3.63) is 21.3 Å². The van der Waals surface area contributed by atoms with Crippen LogP contribution in [0.5, 0.6) is 0 Å². The molecule has 1 saturated carbocycles. The van der Waals surface area contributed by atoms with Crippen LogP contribution in [0.15, 0.2) is 12.1 Å². The molecular weight excluding hydrogens is 278 g/mol. The van der Waals surface area contributed by atoms with E-state index in [1.807, 2.05) is 13.2 Å². The molecule has 2 rings (SSSR count). The Morgan fingerprint density at radius 2 is 2.16 bits per heavy atom. The molecule has 108 valence electrons. The maximum atomic E-state index is 6.04. The number of ether oxygens (including phenoxy) is 1. The van der Waals surface area contributed by atoms with Crippen LogP contribution in [0.4, 0.5) is 0 Å². The monoisotopic (exact) mass is 301 g/mol. The quantitative estimate of drug-likeness (QED) is 0.812. The molecule has 0 bridgehead atoms. The van der Waals surface area contributed by atoms with Crippen molar-refractivity contribution in [3.63, 3.8) is 0 Å². The maximum absolute atomic E-state index is 6.04. The first-order valence-corrected chi connectivity index (χ1v) is 8.42. The molecule has 1 aromatic heterocycles. The van der Waals surface area contributed by atoms with Gasteiger partial charge in [-0.3, -0.25) is 0 Å². The predicted molar refractivity (Wildman–Crippen MR) is 83.3 cm³/mol. The number of methoxy groups -OCH3 is 1. The lowest BCUT2D eigenvalue weighted by Crippen LogP contribution is -2.51. The molecule has 0 saturated heterocycles. The highest BCUT2D eigenvalue weighted by Gasteiger charge is 2.41. The Labute approximate surface area is 125 Å². The summed E-state index contributed by atoms with van der Waals surface area (Å²) in [5.41, 5.74) is 0.0195. The zero-order chi connectivity index (χ0) is 13.7. The van der Waals surface area contributed by atoms with Crippen molar-refractivity contribution in [2.24, 2.45) is 0 Å². The van der Waals surface area contributed by atoms with Gasteiger partial charge in [-0.05, 0) is 44.4 Å². The maximum Gasteiger partial charge on any atom is 0.0931 e. The summed E-state index contributed by atoms with van der Waals surface area (Å²) in [6.45, 7) is 3.26.